The number of benzene rings is 1. The van der Waals surface area contributed by atoms with E-state index in [1.165, 1.54) is 6.42 Å². The summed E-state index contributed by atoms with van der Waals surface area (Å²) in [5.41, 5.74) is 1.85. The summed E-state index contributed by atoms with van der Waals surface area (Å²) in [6.45, 7) is 4.84. The fourth-order valence-corrected chi connectivity index (χ4v) is 4.62. The number of nitrogens with zero attached hydrogens (tertiary/aromatic N) is 2. The van der Waals surface area contributed by atoms with E-state index in [2.05, 4.69) is 5.32 Å². The first kappa shape index (κ1) is 20.9. The highest BCUT2D eigenvalue weighted by Crippen LogP contribution is 2.30. The van der Waals surface area contributed by atoms with Gasteiger partial charge in [0.2, 0.25) is 11.8 Å². The average Bonchev–Trinajstić information content (AvgIpc) is 3.63. The quantitative estimate of drug-likeness (QED) is 0.810. The molecule has 0 unspecified atom stereocenters. The van der Waals surface area contributed by atoms with Crippen LogP contribution in [0.25, 0.3) is 0 Å². The molecule has 2 saturated heterocycles. The van der Waals surface area contributed by atoms with Crippen LogP contribution in [-0.4, -0.2) is 59.7 Å². The van der Waals surface area contributed by atoms with Crippen LogP contribution in [0.2, 0.25) is 0 Å². The molecule has 1 aromatic rings. The largest absolute Gasteiger partial charge is 0.344 e. The summed E-state index contributed by atoms with van der Waals surface area (Å²) in [6.07, 6.45) is 6.60. The molecule has 1 N–H and O–H groups in total. The van der Waals surface area contributed by atoms with Crippen LogP contribution in [0.5, 0.6) is 0 Å². The number of rotatable bonds is 5. The van der Waals surface area contributed by atoms with Gasteiger partial charge in [-0.3, -0.25) is 14.4 Å². The molecular weight excluding hydrogens is 378 g/mol. The van der Waals surface area contributed by atoms with Crippen molar-refractivity contribution in [1.82, 2.24) is 15.1 Å². The highest BCUT2D eigenvalue weighted by atomic mass is 16.2. The van der Waals surface area contributed by atoms with Crippen molar-refractivity contribution < 1.29 is 14.4 Å². The third kappa shape index (κ3) is 4.85. The Kier molecular flexibility index (Phi) is 6.40. The van der Waals surface area contributed by atoms with E-state index in [1.54, 1.807) is 0 Å². The molecule has 0 spiro atoms. The fourth-order valence-electron chi connectivity index (χ4n) is 4.62. The number of hydrogen-bond donors (Lipinski definition) is 1. The van der Waals surface area contributed by atoms with E-state index < -0.39 is 6.04 Å². The van der Waals surface area contributed by atoms with Crippen LogP contribution >= 0.6 is 0 Å². The van der Waals surface area contributed by atoms with Crippen LogP contribution in [0.1, 0.15) is 60.9 Å². The second-order valence-corrected chi connectivity index (χ2v) is 9.14. The van der Waals surface area contributed by atoms with Gasteiger partial charge in [-0.25, -0.2) is 0 Å². The molecule has 3 fully saturated rings. The SMILES string of the molecule is Cc1ccc(C(=O)N2CCC([C@@H](NC(=O)C3CC3)C(=O)N3CCCCC3)CC2)cc1. The zero-order chi connectivity index (χ0) is 21.1. The summed E-state index contributed by atoms with van der Waals surface area (Å²) < 4.78 is 0. The van der Waals surface area contributed by atoms with Crippen LogP contribution in [0.3, 0.4) is 0 Å². The van der Waals surface area contributed by atoms with Gasteiger partial charge in [0.1, 0.15) is 6.04 Å². The van der Waals surface area contributed by atoms with E-state index >= 15 is 0 Å². The summed E-state index contributed by atoms with van der Waals surface area (Å²) in [4.78, 5) is 42.4. The normalized spacial score (nSPS) is 21.2. The Morgan fingerprint density at radius 3 is 2.10 bits per heavy atom. The predicted octanol–water partition coefficient (Wildman–Crippen LogP) is 2.75. The number of amides is 3. The highest BCUT2D eigenvalue weighted by Gasteiger charge is 2.39. The topological polar surface area (TPSA) is 69.7 Å². The molecule has 4 rings (SSSR count). The number of carbonyl (C=O) groups excluding carboxylic acids is 3. The fraction of sp³-hybridized carbons (Fsp3) is 0.625. The van der Waals surface area contributed by atoms with E-state index in [-0.39, 0.29) is 29.6 Å². The molecule has 1 saturated carbocycles. The third-order valence-corrected chi connectivity index (χ3v) is 6.78. The van der Waals surface area contributed by atoms with E-state index in [0.29, 0.717) is 18.7 Å². The van der Waals surface area contributed by atoms with Gasteiger partial charge < -0.3 is 15.1 Å². The number of nitrogens with one attached hydrogen (secondary N) is 1. The lowest BCUT2D eigenvalue weighted by Crippen LogP contribution is -2.55. The lowest BCUT2D eigenvalue weighted by atomic mass is 9.87. The molecule has 162 valence electrons. The van der Waals surface area contributed by atoms with Crippen LogP contribution in [0.15, 0.2) is 24.3 Å². The van der Waals surface area contributed by atoms with Gasteiger partial charge in [0.25, 0.3) is 5.91 Å². The van der Waals surface area contributed by atoms with E-state index in [9.17, 15) is 14.4 Å². The maximum atomic E-state index is 13.3. The molecule has 0 radical (unpaired) electrons. The van der Waals surface area contributed by atoms with Crippen molar-refractivity contribution in [2.75, 3.05) is 26.2 Å². The number of piperidine rings is 2. The summed E-state index contributed by atoms with van der Waals surface area (Å²) in [7, 11) is 0. The molecule has 6 heteroatoms. The highest BCUT2D eigenvalue weighted by molar-refractivity contribution is 5.94. The summed E-state index contributed by atoms with van der Waals surface area (Å²) >= 11 is 0. The number of aryl methyl sites for hydroxylation is 1. The average molecular weight is 412 g/mol. The van der Waals surface area contributed by atoms with Crippen LogP contribution in [0, 0.1) is 18.8 Å². The molecule has 2 aliphatic heterocycles. The van der Waals surface area contributed by atoms with E-state index in [0.717, 1.165) is 57.2 Å². The summed E-state index contributed by atoms with van der Waals surface area (Å²) in [5.74, 6) is 0.332. The molecule has 2 heterocycles. The Morgan fingerprint density at radius 2 is 1.50 bits per heavy atom. The maximum Gasteiger partial charge on any atom is 0.253 e. The molecule has 0 bridgehead atoms. The number of likely N-dealkylation sites (tertiary alicyclic amines) is 2. The van der Waals surface area contributed by atoms with E-state index in [4.69, 9.17) is 0 Å². The molecule has 0 aromatic heterocycles. The van der Waals surface area contributed by atoms with Crippen molar-refractivity contribution in [2.45, 2.75) is 57.9 Å². The Hall–Kier alpha value is -2.37. The van der Waals surface area contributed by atoms with Gasteiger partial charge in [0.15, 0.2) is 0 Å². The lowest BCUT2D eigenvalue weighted by molar-refractivity contribution is -0.139. The molecular formula is C24H33N3O3. The van der Waals surface area contributed by atoms with Gasteiger partial charge in [0, 0.05) is 37.7 Å². The first-order valence-corrected chi connectivity index (χ1v) is 11.5. The van der Waals surface area contributed by atoms with Crippen molar-refractivity contribution in [3.63, 3.8) is 0 Å². The first-order valence-electron chi connectivity index (χ1n) is 11.5. The van der Waals surface area contributed by atoms with Gasteiger partial charge >= 0.3 is 0 Å². The molecule has 1 aliphatic carbocycles. The van der Waals surface area contributed by atoms with Gasteiger partial charge in [-0.1, -0.05) is 17.7 Å². The Balaban J connectivity index is 1.40. The number of carbonyl (C=O) groups is 3. The predicted molar refractivity (Wildman–Crippen MR) is 115 cm³/mol. The van der Waals surface area contributed by atoms with Gasteiger partial charge in [0.05, 0.1) is 0 Å². The third-order valence-electron chi connectivity index (χ3n) is 6.78. The number of hydrogen-bond acceptors (Lipinski definition) is 3. The Morgan fingerprint density at radius 1 is 0.867 bits per heavy atom. The maximum absolute atomic E-state index is 13.3. The summed E-state index contributed by atoms with van der Waals surface area (Å²) in [5, 5.41) is 3.09. The smallest absolute Gasteiger partial charge is 0.253 e. The van der Waals surface area contributed by atoms with Crippen molar-refractivity contribution in [3.05, 3.63) is 35.4 Å². The van der Waals surface area contributed by atoms with Crippen LogP contribution in [0.4, 0.5) is 0 Å². The minimum absolute atomic E-state index is 0.0310. The van der Waals surface area contributed by atoms with Crippen molar-refractivity contribution in [2.24, 2.45) is 11.8 Å². The molecule has 30 heavy (non-hydrogen) atoms. The van der Waals surface area contributed by atoms with Crippen molar-refractivity contribution in [1.29, 1.82) is 0 Å². The molecule has 6 nitrogen and oxygen atoms in total. The Bertz CT molecular complexity index is 773. The van der Waals surface area contributed by atoms with Crippen LogP contribution in [-0.2, 0) is 9.59 Å². The van der Waals surface area contributed by atoms with Gasteiger partial charge in [-0.05, 0) is 69.9 Å². The monoisotopic (exact) mass is 411 g/mol. The van der Waals surface area contributed by atoms with Crippen molar-refractivity contribution >= 4 is 17.7 Å². The zero-order valence-corrected chi connectivity index (χ0v) is 17.9. The summed E-state index contributed by atoms with van der Waals surface area (Å²) in [6, 6.07) is 7.22. The molecule has 3 amide bonds. The van der Waals surface area contributed by atoms with Gasteiger partial charge in [-0.2, -0.15) is 0 Å². The second-order valence-electron chi connectivity index (χ2n) is 9.14. The molecule has 1 atom stereocenters. The minimum atomic E-state index is -0.451. The van der Waals surface area contributed by atoms with Gasteiger partial charge in [-0.15, -0.1) is 0 Å². The Labute approximate surface area is 179 Å². The second kappa shape index (κ2) is 9.19. The van der Waals surface area contributed by atoms with Crippen molar-refractivity contribution in [3.8, 4) is 0 Å². The molecule has 3 aliphatic rings. The van der Waals surface area contributed by atoms with Crippen LogP contribution < -0.4 is 5.32 Å². The zero-order valence-electron chi connectivity index (χ0n) is 17.9. The first-order chi connectivity index (χ1) is 14.5. The standard InChI is InChI=1S/C24H33N3O3/c1-17-5-7-20(8-6-17)23(29)27-15-11-18(12-16-27)21(25-22(28)19-9-10-19)24(30)26-13-3-2-4-14-26/h5-8,18-19,21H,2-4,9-16H2,1H3,(H,25,28)/t21-/m1/s1. The molecule has 1 aromatic carbocycles. The van der Waals surface area contributed by atoms with E-state index in [1.807, 2.05) is 41.0 Å². The lowest BCUT2D eigenvalue weighted by Gasteiger charge is -2.38. The minimum Gasteiger partial charge on any atom is -0.344 e.